The van der Waals surface area contributed by atoms with Crippen molar-refractivity contribution in [3.05, 3.63) is 101 Å². The van der Waals surface area contributed by atoms with Crippen molar-refractivity contribution in [1.82, 2.24) is 4.98 Å². The van der Waals surface area contributed by atoms with Gasteiger partial charge in [-0.1, -0.05) is 84.1 Å². The highest BCUT2D eigenvalue weighted by Gasteiger charge is 2.15. The van der Waals surface area contributed by atoms with Gasteiger partial charge in [0.1, 0.15) is 0 Å². The summed E-state index contributed by atoms with van der Waals surface area (Å²) >= 11 is 1.46. The predicted octanol–water partition coefficient (Wildman–Crippen LogP) is 6.14. The number of aliphatic imine (C=N–C) groups is 1. The Morgan fingerprint density at radius 1 is 0.857 bits per heavy atom. The van der Waals surface area contributed by atoms with Gasteiger partial charge in [0.15, 0.2) is 0 Å². The minimum absolute atomic E-state index is 0.0226. The summed E-state index contributed by atoms with van der Waals surface area (Å²) in [5.41, 5.74) is 3.39. The number of hydrogen-bond donors (Lipinski definition) is 0. The Bertz CT molecular complexity index is 1080. The van der Waals surface area contributed by atoms with Gasteiger partial charge in [0.25, 0.3) is 5.69 Å². The molecule has 0 aliphatic rings. The van der Waals surface area contributed by atoms with E-state index in [1.807, 2.05) is 60.7 Å². The van der Waals surface area contributed by atoms with Crippen LogP contribution in [0, 0.1) is 10.1 Å². The van der Waals surface area contributed by atoms with E-state index in [0.29, 0.717) is 10.7 Å². The fourth-order valence-electron chi connectivity index (χ4n) is 2.83. The Kier molecular flexibility index (Phi) is 5.03. The van der Waals surface area contributed by atoms with Crippen LogP contribution < -0.4 is 0 Å². The zero-order valence-corrected chi connectivity index (χ0v) is 15.5. The Hall–Kier alpha value is -3.64. The van der Waals surface area contributed by atoms with E-state index in [9.17, 15) is 10.1 Å². The maximum absolute atomic E-state index is 11.2. The van der Waals surface area contributed by atoms with Crippen LogP contribution in [0.15, 0.2) is 89.9 Å². The number of benzene rings is 3. The monoisotopic (exact) mass is 385 g/mol. The molecule has 28 heavy (non-hydrogen) atoms. The minimum atomic E-state index is -0.409. The van der Waals surface area contributed by atoms with Crippen LogP contribution in [0.2, 0.25) is 0 Å². The Labute approximate surface area is 165 Å². The SMILES string of the molecule is O=[N+]([O-])c1ccccc1C=Nc1nc(-c2ccccc2)c(-c2ccccc2)s1. The van der Waals surface area contributed by atoms with Crippen LogP contribution in [-0.4, -0.2) is 16.1 Å². The van der Waals surface area contributed by atoms with Crippen molar-refractivity contribution in [1.29, 1.82) is 0 Å². The average molecular weight is 385 g/mol. The Morgan fingerprint density at radius 3 is 2.14 bits per heavy atom. The molecule has 0 radical (unpaired) electrons. The third-order valence-corrected chi connectivity index (χ3v) is 5.16. The van der Waals surface area contributed by atoms with Crippen LogP contribution in [0.4, 0.5) is 10.8 Å². The first-order valence-corrected chi connectivity index (χ1v) is 9.43. The number of hydrogen-bond acceptors (Lipinski definition) is 5. The molecular weight excluding hydrogens is 370 g/mol. The second kappa shape index (κ2) is 7.94. The second-order valence-electron chi connectivity index (χ2n) is 5.98. The van der Waals surface area contributed by atoms with E-state index >= 15 is 0 Å². The van der Waals surface area contributed by atoms with Crippen LogP contribution in [0.3, 0.4) is 0 Å². The number of nitro benzene ring substituents is 1. The molecule has 1 heterocycles. The molecule has 4 rings (SSSR count). The number of para-hydroxylation sites is 1. The summed E-state index contributed by atoms with van der Waals surface area (Å²) in [6.45, 7) is 0. The lowest BCUT2D eigenvalue weighted by Crippen LogP contribution is -1.93. The fourth-order valence-corrected chi connectivity index (χ4v) is 3.77. The summed E-state index contributed by atoms with van der Waals surface area (Å²) in [5, 5.41) is 11.7. The molecule has 1 aromatic heterocycles. The topological polar surface area (TPSA) is 68.4 Å². The summed E-state index contributed by atoms with van der Waals surface area (Å²) in [7, 11) is 0. The van der Waals surface area contributed by atoms with Gasteiger partial charge in [0.05, 0.1) is 21.1 Å². The second-order valence-corrected chi connectivity index (χ2v) is 6.96. The predicted molar refractivity (Wildman–Crippen MR) is 113 cm³/mol. The first kappa shape index (κ1) is 17.8. The Morgan fingerprint density at radius 2 is 1.46 bits per heavy atom. The molecular formula is C22H15N3O2S. The molecule has 0 unspecified atom stereocenters. The van der Waals surface area contributed by atoms with Gasteiger partial charge < -0.3 is 0 Å². The average Bonchev–Trinajstić information content (AvgIpc) is 3.18. The van der Waals surface area contributed by atoms with Crippen molar-refractivity contribution in [2.75, 3.05) is 0 Å². The van der Waals surface area contributed by atoms with Crippen LogP contribution >= 0.6 is 11.3 Å². The van der Waals surface area contributed by atoms with Gasteiger partial charge in [0, 0.05) is 17.8 Å². The number of rotatable bonds is 5. The van der Waals surface area contributed by atoms with E-state index in [2.05, 4.69) is 4.99 Å². The first-order valence-electron chi connectivity index (χ1n) is 8.61. The highest BCUT2D eigenvalue weighted by atomic mass is 32.1. The normalized spacial score (nSPS) is 11.0. The third-order valence-electron chi connectivity index (χ3n) is 4.15. The molecule has 4 aromatic rings. The number of thiazole rings is 1. The standard InChI is InChI=1S/C22H15N3O2S/c26-25(27)19-14-8-7-13-18(19)15-23-22-24-20(16-9-3-1-4-10-16)21(28-22)17-11-5-2-6-12-17/h1-15H. The van der Waals surface area contributed by atoms with Crippen LogP contribution in [0.1, 0.15) is 5.56 Å². The van der Waals surface area contributed by atoms with Gasteiger partial charge in [-0.2, -0.15) is 0 Å². The quantitative estimate of drug-likeness (QED) is 0.235. The van der Waals surface area contributed by atoms with E-state index in [-0.39, 0.29) is 5.69 Å². The molecule has 136 valence electrons. The van der Waals surface area contributed by atoms with Gasteiger partial charge in [-0.15, -0.1) is 0 Å². The lowest BCUT2D eigenvalue weighted by atomic mass is 10.1. The van der Waals surface area contributed by atoms with Crippen molar-refractivity contribution in [3.63, 3.8) is 0 Å². The van der Waals surface area contributed by atoms with Crippen LogP contribution in [0.25, 0.3) is 21.7 Å². The number of nitro groups is 1. The maximum atomic E-state index is 11.2. The van der Waals surface area contributed by atoms with E-state index < -0.39 is 4.92 Å². The van der Waals surface area contributed by atoms with Gasteiger partial charge in [-0.25, -0.2) is 9.98 Å². The third kappa shape index (κ3) is 3.72. The molecule has 0 fully saturated rings. The summed E-state index contributed by atoms with van der Waals surface area (Å²) in [4.78, 5) is 20.9. The van der Waals surface area contributed by atoms with Gasteiger partial charge in [-0.05, 0) is 11.6 Å². The van der Waals surface area contributed by atoms with E-state index in [1.54, 1.807) is 18.2 Å². The molecule has 0 aliphatic heterocycles. The zero-order chi connectivity index (χ0) is 19.3. The number of aromatic nitrogens is 1. The lowest BCUT2D eigenvalue weighted by Gasteiger charge is -2.02. The molecule has 0 aliphatic carbocycles. The highest BCUT2D eigenvalue weighted by Crippen LogP contribution is 2.40. The highest BCUT2D eigenvalue weighted by molar-refractivity contribution is 7.19. The lowest BCUT2D eigenvalue weighted by molar-refractivity contribution is -0.385. The maximum Gasteiger partial charge on any atom is 0.278 e. The van der Waals surface area contributed by atoms with Gasteiger partial charge in [-0.3, -0.25) is 10.1 Å². The molecule has 3 aromatic carbocycles. The van der Waals surface area contributed by atoms with Crippen LogP contribution in [-0.2, 0) is 0 Å². The van der Waals surface area contributed by atoms with Crippen molar-refractivity contribution >= 4 is 28.4 Å². The number of nitrogens with zero attached hydrogens (tertiary/aromatic N) is 3. The molecule has 0 saturated carbocycles. The summed E-state index contributed by atoms with van der Waals surface area (Å²) in [5.74, 6) is 0. The van der Waals surface area contributed by atoms with Crippen molar-refractivity contribution < 1.29 is 4.92 Å². The molecule has 0 saturated heterocycles. The molecule has 5 nitrogen and oxygen atoms in total. The van der Waals surface area contributed by atoms with Crippen molar-refractivity contribution in [2.24, 2.45) is 4.99 Å². The van der Waals surface area contributed by atoms with E-state index in [0.717, 1.165) is 21.7 Å². The molecule has 0 N–H and O–H groups in total. The largest absolute Gasteiger partial charge is 0.278 e. The summed E-state index contributed by atoms with van der Waals surface area (Å²) in [6, 6.07) is 26.5. The molecule has 6 heteroatoms. The minimum Gasteiger partial charge on any atom is -0.258 e. The van der Waals surface area contributed by atoms with Crippen molar-refractivity contribution in [2.45, 2.75) is 0 Å². The molecule has 0 bridgehead atoms. The smallest absolute Gasteiger partial charge is 0.258 e. The Balaban J connectivity index is 1.77. The molecule has 0 atom stereocenters. The van der Waals surface area contributed by atoms with Crippen molar-refractivity contribution in [3.8, 4) is 21.7 Å². The molecule has 0 amide bonds. The van der Waals surface area contributed by atoms with E-state index in [4.69, 9.17) is 4.98 Å². The fraction of sp³-hybridized carbons (Fsp3) is 0. The molecule has 0 spiro atoms. The first-order chi connectivity index (χ1) is 13.7. The van der Waals surface area contributed by atoms with E-state index in [1.165, 1.54) is 23.6 Å². The van der Waals surface area contributed by atoms with Gasteiger partial charge >= 0.3 is 0 Å². The summed E-state index contributed by atoms with van der Waals surface area (Å²) < 4.78 is 0. The van der Waals surface area contributed by atoms with Crippen LogP contribution in [0.5, 0.6) is 0 Å². The zero-order valence-electron chi connectivity index (χ0n) is 14.7. The summed E-state index contributed by atoms with van der Waals surface area (Å²) in [6.07, 6.45) is 1.50. The van der Waals surface area contributed by atoms with Gasteiger partial charge in [0.2, 0.25) is 5.13 Å².